The van der Waals surface area contributed by atoms with E-state index in [9.17, 15) is 0 Å². The zero-order valence-electron chi connectivity index (χ0n) is 9.34. The third-order valence-corrected chi connectivity index (χ3v) is 2.94. The highest BCUT2D eigenvalue weighted by atomic mass is 35.5. The van der Waals surface area contributed by atoms with Crippen molar-refractivity contribution < 1.29 is 0 Å². The van der Waals surface area contributed by atoms with Crippen molar-refractivity contribution >= 4 is 22.6 Å². The highest BCUT2D eigenvalue weighted by molar-refractivity contribution is 6.17. The van der Waals surface area contributed by atoms with Crippen LogP contribution in [0.4, 0.5) is 0 Å². The molecule has 0 fully saturated rings. The summed E-state index contributed by atoms with van der Waals surface area (Å²) in [5.74, 6) is 1.21. The Morgan fingerprint density at radius 3 is 2.82 bits per heavy atom. The van der Waals surface area contributed by atoms with Crippen molar-refractivity contribution in [2.75, 3.05) is 0 Å². The number of halogens is 1. The first-order valence-corrected chi connectivity index (χ1v) is 5.84. The zero-order valence-corrected chi connectivity index (χ0v) is 10.1. The molecule has 0 radical (unpaired) electrons. The fourth-order valence-electron chi connectivity index (χ4n) is 1.98. The van der Waals surface area contributed by atoms with Crippen LogP contribution in [-0.2, 0) is 12.9 Å². The topological polar surface area (TPSA) is 35.6 Å². The first-order chi connectivity index (χ1) is 8.29. The fourth-order valence-corrected chi connectivity index (χ4v) is 2.16. The van der Waals surface area contributed by atoms with E-state index in [1.165, 1.54) is 0 Å². The Hall–Kier alpha value is -1.81. The van der Waals surface area contributed by atoms with Gasteiger partial charge >= 0.3 is 0 Å². The molecule has 0 saturated heterocycles. The van der Waals surface area contributed by atoms with Gasteiger partial charge in [-0.25, -0.2) is 4.98 Å². The number of alkyl halides is 1. The molecule has 0 bridgehead atoms. The van der Waals surface area contributed by atoms with Crippen LogP contribution in [0.5, 0.6) is 0 Å². The van der Waals surface area contributed by atoms with Crippen LogP contribution in [0.2, 0.25) is 0 Å². The smallest absolute Gasteiger partial charge is 0.129 e. The van der Waals surface area contributed by atoms with Crippen LogP contribution in [0.3, 0.4) is 0 Å². The summed E-state index contributed by atoms with van der Waals surface area (Å²) in [6, 6.07) is 7.99. The first kappa shape index (κ1) is 10.4. The second kappa shape index (κ2) is 3.89. The molecule has 5 heteroatoms. The molecule has 0 aliphatic rings. The second-order valence-corrected chi connectivity index (χ2v) is 4.13. The number of aromatic nitrogens is 4. The number of hydrogen-bond acceptors (Lipinski definition) is 2. The van der Waals surface area contributed by atoms with Crippen LogP contribution >= 0.6 is 11.6 Å². The van der Waals surface area contributed by atoms with E-state index in [1.807, 2.05) is 48.3 Å². The van der Waals surface area contributed by atoms with E-state index < -0.39 is 0 Å². The minimum absolute atomic E-state index is 0.379. The number of fused-ring (bicyclic) bond motifs is 1. The molecule has 0 aliphatic carbocycles. The van der Waals surface area contributed by atoms with Gasteiger partial charge in [0.15, 0.2) is 0 Å². The summed E-state index contributed by atoms with van der Waals surface area (Å²) in [4.78, 5) is 4.51. The van der Waals surface area contributed by atoms with E-state index in [0.717, 1.165) is 22.5 Å². The molecule has 1 aromatic carbocycles. The highest BCUT2D eigenvalue weighted by Crippen LogP contribution is 2.21. The van der Waals surface area contributed by atoms with Gasteiger partial charge in [0, 0.05) is 13.2 Å². The van der Waals surface area contributed by atoms with E-state index in [2.05, 4.69) is 10.1 Å². The van der Waals surface area contributed by atoms with Crippen molar-refractivity contribution in [1.29, 1.82) is 0 Å². The Morgan fingerprint density at radius 2 is 2.12 bits per heavy atom. The monoisotopic (exact) mass is 246 g/mol. The first-order valence-electron chi connectivity index (χ1n) is 5.31. The summed E-state index contributed by atoms with van der Waals surface area (Å²) in [7, 11) is 1.89. The maximum absolute atomic E-state index is 5.95. The van der Waals surface area contributed by atoms with Crippen LogP contribution in [0.1, 0.15) is 5.82 Å². The van der Waals surface area contributed by atoms with Crippen molar-refractivity contribution in [2.45, 2.75) is 5.88 Å². The lowest BCUT2D eigenvalue weighted by Gasteiger charge is -2.03. The summed E-state index contributed by atoms with van der Waals surface area (Å²) in [5.41, 5.74) is 2.99. The second-order valence-electron chi connectivity index (χ2n) is 3.86. The van der Waals surface area contributed by atoms with Gasteiger partial charge in [-0.05, 0) is 12.1 Å². The molecule has 17 heavy (non-hydrogen) atoms. The normalized spacial score (nSPS) is 11.2. The highest BCUT2D eigenvalue weighted by Gasteiger charge is 2.11. The molecule has 86 valence electrons. The number of nitrogens with zero attached hydrogens (tertiary/aromatic N) is 4. The van der Waals surface area contributed by atoms with Crippen molar-refractivity contribution in [3.8, 4) is 5.69 Å². The predicted molar refractivity (Wildman–Crippen MR) is 67.4 cm³/mol. The Balaban J connectivity index is 2.33. The summed E-state index contributed by atoms with van der Waals surface area (Å²) < 4.78 is 3.80. The third kappa shape index (κ3) is 1.61. The molecule has 3 rings (SSSR count). The number of rotatable bonds is 2. The van der Waals surface area contributed by atoms with E-state index >= 15 is 0 Å². The quantitative estimate of drug-likeness (QED) is 0.652. The lowest BCUT2D eigenvalue weighted by molar-refractivity contribution is 0.767. The summed E-state index contributed by atoms with van der Waals surface area (Å²) >= 11 is 5.95. The Bertz CT molecular complexity index is 668. The van der Waals surface area contributed by atoms with Gasteiger partial charge in [-0.15, -0.1) is 11.6 Å². The molecule has 2 aromatic heterocycles. The van der Waals surface area contributed by atoms with Gasteiger partial charge in [-0.1, -0.05) is 12.1 Å². The summed E-state index contributed by atoms with van der Waals surface area (Å²) in [5, 5.41) is 4.18. The van der Waals surface area contributed by atoms with Gasteiger partial charge < -0.3 is 0 Å². The third-order valence-electron chi connectivity index (χ3n) is 2.70. The SMILES string of the molecule is Cn1cc(-n2c(CCl)nc3ccccc32)cn1. The molecule has 2 heterocycles. The summed E-state index contributed by atoms with van der Waals surface area (Å²) in [6.07, 6.45) is 3.76. The number of benzene rings is 1. The molecule has 4 nitrogen and oxygen atoms in total. The molecular weight excluding hydrogens is 236 g/mol. The van der Waals surface area contributed by atoms with Gasteiger partial charge in [0.05, 0.1) is 28.8 Å². The lowest BCUT2D eigenvalue weighted by Crippen LogP contribution is -1.97. The van der Waals surface area contributed by atoms with Crippen molar-refractivity contribution in [1.82, 2.24) is 19.3 Å². The molecule has 0 amide bonds. The number of imidazole rings is 1. The van der Waals surface area contributed by atoms with Gasteiger partial charge in [-0.3, -0.25) is 9.25 Å². The van der Waals surface area contributed by atoms with Crippen LogP contribution in [0.25, 0.3) is 16.7 Å². The molecule has 0 atom stereocenters. The maximum Gasteiger partial charge on any atom is 0.129 e. The lowest BCUT2D eigenvalue weighted by atomic mass is 10.3. The van der Waals surface area contributed by atoms with Gasteiger partial charge in [-0.2, -0.15) is 5.10 Å². The molecule has 0 unspecified atom stereocenters. The van der Waals surface area contributed by atoms with Crippen LogP contribution in [-0.4, -0.2) is 19.3 Å². The van der Waals surface area contributed by atoms with Gasteiger partial charge in [0.2, 0.25) is 0 Å². The minimum atomic E-state index is 0.379. The average molecular weight is 247 g/mol. The minimum Gasteiger partial charge on any atom is -0.292 e. The number of aryl methyl sites for hydroxylation is 1. The maximum atomic E-state index is 5.95. The van der Waals surface area contributed by atoms with Crippen molar-refractivity contribution in [3.05, 3.63) is 42.5 Å². The van der Waals surface area contributed by atoms with Crippen LogP contribution in [0.15, 0.2) is 36.7 Å². The summed E-state index contributed by atoms with van der Waals surface area (Å²) in [6.45, 7) is 0. The van der Waals surface area contributed by atoms with Crippen molar-refractivity contribution in [3.63, 3.8) is 0 Å². The number of para-hydroxylation sites is 2. The Morgan fingerprint density at radius 1 is 1.29 bits per heavy atom. The van der Waals surface area contributed by atoms with Gasteiger partial charge in [0.25, 0.3) is 0 Å². The average Bonchev–Trinajstić information content (AvgIpc) is 2.91. The molecule has 0 saturated carbocycles. The number of hydrogen-bond donors (Lipinski definition) is 0. The predicted octanol–water partition coefficient (Wildman–Crippen LogP) is 2.50. The van der Waals surface area contributed by atoms with E-state index in [0.29, 0.717) is 5.88 Å². The van der Waals surface area contributed by atoms with Gasteiger partial charge in [0.1, 0.15) is 5.82 Å². The molecule has 3 aromatic rings. The fraction of sp³-hybridized carbons (Fsp3) is 0.167. The zero-order chi connectivity index (χ0) is 11.8. The molecule has 0 N–H and O–H groups in total. The van der Waals surface area contributed by atoms with E-state index in [-0.39, 0.29) is 0 Å². The van der Waals surface area contributed by atoms with Crippen LogP contribution in [0, 0.1) is 0 Å². The van der Waals surface area contributed by atoms with Crippen LogP contribution < -0.4 is 0 Å². The molecular formula is C12H11ClN4. The standard InChI is InChI=1S/C12H11ClN4/c1-16-8-9(7-14-16)17-11-5-3-2-4-10(11)15-12(17)6-13/h2-5,7-8H,6H2,1H3. The van der Waals surface area contributed by atoms with Crippen molar-refractivity contribution in [2.24, 2.45) is 7.05 Å². The Labute approximate surface area is 103 Å². The van der Waals surface area contributed by atoms with E-state index in [1.54, 1.807) is 4.68 Å². The molecule has 0 spiro atoms. The largest absolute Gasteiger partial charge is 0.292 e. The molecule has 0 aliphatic heterocycles. The Kier molecular flexibility index (Phi) is 2.37. The van der Waals surface area contributed by atoms with E-state index in [4.69, 9.17) is 11.6 Å².